The van der Waals surface area contributed by atoms with Gasteiger partial charge in [0.15, 0.2) is 0 Å². The molecule has 21 heavy (non-hydrogen) atoms. The van der Waals surface area contributed by atoms with Crippen LogP contribution in [0, 0.1) is 5.92 Å². The van der Waals surface area contributed by atoms with Gasteiger partial charge in [0.2, 0.25) is 5.91 Å². The van der Waals surface area contributed by atoms with Crippen LogP contribution < -0.4 is 11.1 Å². The van der Waals surface area contributed by atoms with Gasteiger partial charge in [-0.15, -0.1) is 0 Å². The number of nitrogens with one attached hydrogen (secondary N) is 1. The molecule has 0 bridgehead atoms. The number of nitrogens with two attached hydrogens (primary N) is 1. The molecule has 1 aromatic rings. The zero-order valence-electron chi connectivity index (χ0n) is 12.8. The molecular formula is C16H25N3O2. The van der Waals surface area contributed by atoms with Crippen molar-refractivity contribution in [3.8, 4) is 0 Å². The molecule has 5 nitrogen and oxygen atoms in total. The quantitative estimate of drug-likeness (QED) is 0.770. The molecule has 1 saturated heterocycles. The van der Waals surface area contributed by atoms with Crippen molar-refractivity contribution in [3.63, 3.8) is 0 Å². The van der Waals surface area contributed by atoms with E-state index < -0.39 is 5.54 Å². The molecule has 1 fully saturated rings. The van der Waals surface area contributed by atoms with Gasteiger partial charge >= 0.3 is 0 Å². The minimum absolute atomic E-state index is 0.341. The highest BCUT2D eigenvalue weighted by atomic mass is 16.5. The van der Waals surface area contributed by atoms with Crippen molar-refractivity contribution in [2.45, 2.75) is 12.0 Å². The van der Waals surface area contributed by atoms with Crippen molar-refractivity contribution in [3.05, 3.63) is 35.9 Å². The Morgan fingerprint density at radius 1 is 1.48 bits per heavy atom. The Bertz CT molecular complexity index is 466. The Labute approximate surface area is 126 Å². The molecule has 1 aromatic carbocycles. The second-order valence-electron chi connectivity index (χ2n) is 5.73. The lowest BCUT2D eigenvalue weighted by Gasteiger charge is -2.34. The predicted molar refractivity (Wildman–Crippen MR) is 82.8 cm³/mol. The zero-order valence-corrected chi connectivity index (χ0v) is 12.8. The Balaban J connectivity index is 2.17. The molecule has 0 radical (unpaired) electrons. The third-order valence-electron chi connectivity index (χ3n) is 4.35. The lowest BCUT2D eigenvalue weighted by Crippen LogP contribution is -2.57. The second kappa shape index (κ2) is 7.02. The number of hydrogen-bond donors (Lipinski definition) is 2. The van der Waals surface area contributed by atoms with Crippen LogP contribution in [0.25, 0.3) is 0 Å². The van der Waals surface area contributed by atoms with Gasteiger partial charge in [0.05, 0.1) is 6.61 Å². The zero-order chi connectivity index (χ0) is 15.3. The molecule has 0 aromatic heterocycles. The number of likely N-dealkylation sites (tertiary alicyclic amines) is 1. The van der Waals surface area contributed by atoms with Crippen molar-refractivity contribution >= 4 is 5.91 Å². The number of carbonyl (C=O) groups is 1. The summed E-state index contributed by atoms with van der Waals surface area (Å²) >= 11 is 0. The van der Waals surface area contributed by atoms with E-state index in [1.165, 1.54) is 0 Å². The van der Waals surface area contributed by atoms with Crippen LogP contribution in [0.1, 0.15) is 12.0 Å². The van der Waals surface area contributed by atoms with Gasteiger partial charge in [-0.3, -0.25) is 4.79 Å². The molecule has 1 aliphatic rings. The number of likely N-dealkylation sites (N-methyl/N-ethyl adjacent to an activating group) is 1. The van der Waals surface area contributed by atoms with Gasteiger partial charge in [-0.05, 0) is 31.5 Å². The smallest absolute Gasteiger partial charge is 0.243 e. The van der Waals surface area contributed by atoms with E-state index in [2.05, 4.69) is 10.2 Å². The van der Waals surface area contributed by atoms with Crippen LogP contribution in [-0.4, -0.2) is 51.2 Å². The van der Waals surface area contributed by atoms with Crippen molar-refractivity contribution < 1.29 is 9.53 Å². The molecule has 2 atom stereocenters. The number of methoxy groups -OCH3 is 1. The molecule has 0 saturated carbocycles. The molecule has 5 heteroatoms. The fourth-order valence-electron chi connectivity index (χ4n) is 3.14. The number of hydrogen-bond acceptors (Lipinski definition) is 4. The first-order valence-corrected chi connectivity index (χ1v) is 7.38. The maximum Gasteiger partial charge on any atom is 0.243 e. The number of carbonyl (C=O) groups excluding carboxylic acids is 1. The van der Waals surface area contributed by atoms with Gasteiger partial charge in [-0.25, -0.2) is 0 Å². The minimum Gasteiger partial charge on any atom is -0.384 e. The van der Waals surface area contributed by atoms with E-state index in [1.54, 1.807) is 14.2 Å². The Hall–Kier alpha value is -1.43. The van der Waals surface area contributed by atoms with Gasteiger partial charge in [-0.1, -0.05) is 30.3 Å². The third kappa shape index (κ3) is 3.43. The first-order chi connectivity index (χ1) is 10.1. The topological polar surface area (TPSA) is 67.6 Å². The number of ether oxygens (including phenoxy) is 1. The fourth-order valence-corrected chi connectivity index (χ4v) is 3.14. The molecule has 1 amide bonds. The lowest BCUT2D eigenvalue weighted by atomic mass is 9.88. The first kappa shape index (κ1) is 15.9. The van der Waals surface area contributed by atoms with Crippen LogP contribution in [0.3, 0.4) is 0 Å². The van der Waals surface area contributed by atoms with E-state index in [4.69, 9.17) is 10.5 Å². The van der Waals surface area contributed by atoms with Crippen LogP contribution in [0.15, 0.2) is 30.3 Å². The summed E-state index contributed by atoms with van der Waals surface area (Å²) < 4.78 is 5.23. The fraction of sp³-hybridized carbons (Fsp3) is 0.562. The maximum absolute atomic E-state index is 12.2. The summed E-state index contributed by atoms with van der Waals surface area (Å²) in [5.41, 5.74) is 5.80. The van der Waals surface area contributed by atoms with Crippen LogP contribution in [0.4, 0.5) is 0 Å². The Kier molecular flexibility index (Phi) is 5.33. The molecular weight excluding hydrogens is 266 g/mol. The Morgan fingerprint density at radius 2 is 2.19 bits per heavy atom. The molecule has 2 unspecified atom stereocenters. The average molecular weight is 291 g/mol. The SMILES string of the molecule is CNC(CN1CCC(COC)C1)(C(N)=O)c1ccccc1. The molecule has 1 heterocycles. The largest absolute Gasteiger partial charge is 0.384 e. The lowest BCUT2D eigenvalue weighted by molar-refractivity contribution is -0.125. The van der Waals surface area contributed by atoms with Gasteiger partial charge in [0, 0.05) is 20.2 Å². The first-order valence-electron chi connectivity index (χ1n) is 7.38. The van der Waals surface area contributed by atoms with E-state index in [-0.39, 0.29) is 5.91 Å². The van der Waals surface area contributed by atoms with Crippen LogP contribution >= 0.6 is 0 Å². The van der Waals surface area contributed by atoms with Crippen molar-refractivity contribution in [2.24, 2.45) is 11.7 Å². The van der Waals surface area contributed by atoms with Crippen molar-refractivity contribution in [2.75, 3.05) is 40.4 Å². The highest BCUT2D eigenvalue weighted by Crippen LogP contribution is 2.25. The number of primary amides is 1. The molecule has 0 aliphatic carbocycles. The van der Waals surface area contributed by atoms with Crippen LogP contribution in [-0.2, 0) is 15.1 Å². The molecule has 116 valence electrons. The van der Waals surface area contributed by atoms with Gasteiger partial charge in [0.1, 0.15) is 5.54 Å². The maximum atomic E-state index is 12.2. The summed E-state index contributed by atoms with van der Waals surface area (Å²) in [5.74, 6) is 0.194. The number of benzene rings is 1. The third-order valence-corrected chi connectivity index (χ3v) is 4.35. The van der Waals surface area contributed by atoms with Crippen LogP contribution in [0.5, 0.6) is 0 Å². The second-order valence-corrected chi connectivity index (χ2v) is 5.73. The summed E-state index contributed by atoms with van der Waals surface area (Å²) in [4.78, 5) is 14.4. The monoisotopic (exact) mass is 291 g/mol. The van der Waals surface area contributed by atoms with Crippen molar-refractivity contribution in [1.82, 2.24) is 10.2 Å². The highest BCUT2D eigenvalue weighted by molar-refractivity contribution is 5.86. The van der Waals surface area contributed by atoms with Gasteiger partial charge in [0.25, 0.3) is 0 Å². The molecule has 3 N–H and O–H groups in total. The highest BCUT2D eigenvalue weighted by Gasteiger charge is 2.40. The normalized spacial score (nSPS) is 22.1. The van der Waals surface area contributed by atoms with Gasteiger partial charge < -0.3 is 20.7 Å². The van der Waals surface area contributed by atoms with E-state index in [1.807, 2.05) is 30.3 Å². The number of amides is 1. The summed E-state index contributed by atoms with van der Waals surface area (Å²) in [6.45, 7) is 3.27. The number of nitrogens with zero attached hydrogens (tertiary/aromatic N) is 1. The van der Waals surface area contributed by atoms with E-state index in [0.29, 0.717) is 12.5 Å². The summed E-state index contributed by atoms with van der Waals surface area (Å²) in [6, 6.07) is 9.70. The average Bonchev–Trinajstić information content (AvgIpc) is 2.93. The van der Waals surface area contributed by atoms with Gasteiger partial charge in [-0.2, -0.15) is 0 Å². The van der Waals surface area contributed by atoms with E-state index in [0.717, 1.165) is 31.7 Å². The summed E-state index contributed by atoms with van der Waals surface area (Å²) in [6.07, 6.45) is 1.10. The Morgan fingerprint density at radius 3 is 2.76 bits per heavy atom. The van der Waals surface area contributed by atoms with E-state index in [9.17, 15) is 4.79 Å². The van der Waals surface area contributed by atoms with Crippen LogP contribution in [0.2, 0.25) is 0 Å². The van der Waals surface area contributed by atoms with Crippen molar-refractivity contribution in [1.29, 1.82) is 0 Å². The summed E-state index contributed by atoms with van der Waals surface area (Å²) in [7, 11) is 3.52. The minimum atomic E-state index is -0.844. The standard InChI is InChI=1S/C16H25N3O2/c1-18-16(15(17)20,14-6-4-3-5-7-14)12-19-9-8-13(10-19)11-21-2/h3-7,13,18H,8-12H2,1-2H3,(H2,17,20). The molecule has 1 aliphatic heterocycles. The van der Waals surface area contributed by atoms with E-state index >= 15 is 0 Å². The summed E-state index contributed by atoms with van der Waals surface area (Å²) in [5, 5.41) is 3.16. The molecule has 2 rings (SSSR count). The predicted octanol–water partition coefficient (Wildman–Crippen LogP) is 0.555. The number of rotatable bonds is 7. The molecule has 0 spiro atoms.